The fraction of sp³-hybridized carbons (Fsp3) is 0.214. The maximum atomic E-state index is 11.9. The second kappa shape index (κ2) is 5.28. The Labute approximate surface area is 120 Å². The highest BCUT2D eigenvalue weighted by Crippen LogP contribution is 2.16. The molecule has 3 aromatic rings. The van der Waals surface area contributed by atoms with Crippen molar-refractivity contribution in [1.82, 2.24) is 24.6 Å². The predicted molar refractivity (Wildman–Crippen MR) is 74.7 cm³/mol. The Morgan fingerprint density at radius 3 is 2.81 bits per heavy atom. The van der Waals surface area contributed by atoms with E-state index in [1.54, 1.807) is 30.8 Å². The van der Waals surface area contributed by atoms with Crippen LogP contribution in [-0.4, -0.2) is 37.1 Å². The molecular formula is C14H13N5O2. The lowest BCUT2D eigenvalue weighted by atomic mass is 10.2. The topological polar surface area (TPSA) is 82.3 Å². The molecule has 0 radical (unpaired) electrons. The van der Waals surface area contributed by atoms with E-state index in [1.165, 1.54) is 6.20 Å². The normalized spacial score (nSPS) is 10.8. The third kappa shape index (κ3) is 2.33. The van der Waals surface area contributed by atoms with Crippen LogP contribution < -0.4 is 0 Å². The van der Waals surface area contributed by atoms with Gasteiger partial charge in [0.05, 0.1) is 17.9 Å². The highest BCUT2D eigenvalue weighted by Gasteiger charge is 2.16. The summed E-state index contributed by atoms with van der Waals surface area (Å²) in [4.78, 5) is 24.3. The van der Waals surface area contributed by atoms with Gasteiger partial charge in [0.15, 0.2) is 5.82 Å². The molecule has 7 heteroatoms. The van der Waals surface area contributed by atoms with E-state index in [-0.39, 0.29) is 0 Å². The van der Waals surface area contributed by atoms with Gasteiger partial charge in [-0.15, -0.1) is 5.10 Å². The number of nitrogens with zero attached hydrogens (tertiary/aromatic N) is 5. The first-order valence-corrected chi connectivity index (χ1v) is 6.50. The summed E-state index contributed by atoms with van der Waals surface area (Å²) < 4.78 is 6.54. The van der Waals surface area contributed by atoms with Crippen LogP contribution in [0.15, 0.2) is 30.7 Å². The Bertz CT molecular complexity index is 798. The maximum absolute atomic E-state index is 11.9. The largest absolute Gasteiger partial charge is 0.462 e. The number of pyridine rings is 1. The third-order valence-corrected chi connectivity index (χ3v) is 3.04. The molecule has 0 spiro atoms. The quantitative estimate of drug-likeness (QED) is 0.680. The van der Waals surface area contributed by atoms with Crippen molar-refractivity contribution in [3.05, 3.63) is 42.0 Å². The van der Waals surface area contributed by atoms with Crippen molar-refractivity contribution < 1.29 is 9.53 Å². The lowest BCUT2D eigenvalue weighted by molar-refractivity contribution is 0.0524. The average Bonchev–Trinajstić information content (AvgIpc) is 2.94. The zero-order chi connectivity index (χ0) is 14.8. The molecule has 0 atom stereocenters. The molecule has 0 aliphatic rings. The van der Waals surface area contributed by atoms with Crippen molar-refractivity contribution in [3.8, 4) is 11.4 Å². The van der Waals surface area contributed by atoms with Gasteiger partial charge in [-0.25, -0.2) is 14.3 Å². The minimum absolute atomic E-state index is 0.315. The minimum Gasteiger partial charge on any atom is -0.462 e. The second-order valence-electron chi connectivity index (χ2n) is 4.36. The molecule has 21 heavy (non-hydrogen) atoms. The molecule has 0 bridgehead atoms. The zero-order valence-corrected chi connectivity index (χ0v) is 11.6. The molecule has 0 saturated carbocycles. The van der Waals surface area contributed by atoms with E-state index in [0.29, 0.717) is 29.5 Å². The Morgan fingerprint density at radius 1 is 1.33 bits per heavy atom. The lowest BCUT2D eigenvalue weighted by Crippen LogP contribution is -2.11. The minimum atomic E-state index is -0.412. The van der Waals surface area contributed by atoms with E-state index in [4.69, 9.17) is 4.74 Å². The molecule has 0 fully saturated rings. The van der Waals surface area contributed by atoms with Gasteiger partial charge in [0, 0.05) is 24.2 Å². The van der Waals surface area contributed by atoms with E-state index in [1.807, 2.05) is 12.1 Å². The fourth-order valence-electron chi connectivity index (χ4n) is 1.97. The number of fused-ring (bicyclic) bond motifs is 1. The van der Waals surface area contributed by atoms with Crippen LogP contribution in [0.2, 0.25) is 0 Å². The van der Waals surface area contributed by atoms with Gasteiger partial charge >= 0.3 is 5.97 Å². The average molecular weight is 283 g/mol. The third-order valence-electron chi connectivity index (χ3n) is 3.04. The molecule has 0 aliphatic carbocycles. The number of ether oxygens (including phenoxy) is 1. The summed E-state index contributed by atoms with van der Waals surface area (Å²) in [6, 6.07) is 3.63. The SMILES string of the molecule is CCOC(=O)c1cnc2nc(-c3ccncc3)nn2c1C. The summed E-state index contributed by atoms with van der Waals surface area (Å²) in [6.45, 7) is 3.86. The standard InChI is InChI=1S/C14H13N5O2/c1-3-21-13(20)11-8-16-14-17-12(18-19(14)9(11)2)10-4-6-15-7-5-10/h4-8H,3H2,1-2H3. The number of aryl methyl sites for hydroxylation is 1. The molecule has 106 valence electrons. The van der Waals surface area contributed by atoms with E-state index in [9.17, 15) is 4.79 Å². The van der Waals surface area contributed by atoms with E-state index in [0.717, 1.165) is 5.56 Å². The summed E-state index contributed by atoms with van der Waals surface area (Å²) in [5.41, 5.74) is 1.87. The number of carbonyl (C=O) groups is 1. The molecule has 0 amide bonds. The van der Waals surface area contributed by atoms with Crippen LogP contribution in [0.4, 0.5) is 0 Å². The van der Waals surface area contributed by atoms with Gasteiger partial charge < -0.3 is 4.74 Å². The molecule has 3 heterocycles. The molecular weight excluding hydrogens is 270 g/mol. The Morgan fingerprint density at radius 2 is 2.10 bits per heavy atom. The number of aromatic nitrogens is 5. The van der Waals surface area contributed by atoms with Gasteiger partial charge in [-0.05, 0) is 26.0 Å². The lowest BCUT2D eigenvalue weighted by Gasteiger charge is -2.05. The first-order chi connectivity index (χ1) is 10.2. The van der Waals surface area contributed by atoms with Crippen LogP contribution in [0.3, 0.4) is 0 Å². The summed E-state index contributed by atoms with van der Waals surface area (Å²) in [5, 5.41) is 4.39. The number of hydrogen-bond acceptors (Lipinski definition) is 6. The van der Waals surface area contributed by atoms with Crippen molar-refractivity contribution in [2.45, 2.75) is 13.8 Å². The van der Waals surface area contributed by atoms with Gasteiger partial charge in [-0.1, -0.05) is 0 Å². The van der Waals surface area contributed by atoms with Crippen molar-refractivity contribution >= 4 is 11.7 Å². The first kappa shape index (κ1) is 13.2. The van der Waals surface area contributed by atoms with E-state index >= 15 is 0 Å². The Balaban J connectivity index is 2.10. The number of hydrogen-bond donors (Lipinski definition) is 0. The van der Waals surface area contributed by atoms with Crippen molar-refractivity contribution in [2.75, 3.05) is 6.61 Å². The predicted octanol–water partition coefficient (Wildman–Crippen LogP) is 1.67. The summed E-state index contributed by atoms with van der Waals surface area (Å²) in [5.74, 6) is 0.562. The van der Waals surface area contributed by atoms with Crippen LogP contribution in [0.5, 0.6) is 0 Å². The van der Waals surface area contributed by atoms with Crippen LogP contribution in [0.1, 0.15) is 23.0 Å². The fourth-order valence-corrected chi connectivity index (χ4v) is 1.97. The highest BCUT2D eigenvalue weighted by molar-refractivity contribution is 5.90. The van der Waals surface area contributed by atoms with Crippen LogP contribution in [0, 0.1) is 6.92 Å². The molecule has 7 nitrogen and oxygen atoms in total. The van der Waals surface area contributed by atoms with Crippen LogP contribution >= 0.6 is 0 Å². The summed E-state index contributed by atoms with van der Waals surface area (Å²) in [6.07, 6.45) is 4.81. The smallest absolute Gasteiger partial charge is 0.341 e. The van der Waals surface area contributed by atoms with Crippen LogP contribution in [-0.2, 0) is 4.74 Å². The monoisotopic (exact) mass is 283 g/mol. The maximum Gasteiger partial charge on any atom is 0.341 e. The summed E-state index contributed by atoms with van der Waals surface area (Å²) in [7, 11) is 0. The second-order valence-corrected chi connectivity index (χ2v) is 4.36. The molecule has 0 saturated heterocycles. The molecule has 0 N–H and O–H groups in total. The van der Waals surface area contributed by atoms with Crippen LogP contribution in [0.25, 0.3) is 17.2 Å². The van der Waals surface area contributed by atoms with E-state index < -0.39 is 5.97 Å². The van der Waals surface area contributed by atoms with E-state index in [2.05, 4.69) is 20.1 Å². The molecule has 3 aromatic heterocycles. The Hall–Kier alpha value is -2.83. The molecule has 3 rings (SSSR count). The highest BCUT2D eigenvalue weighted by atomic mass is 16.5. The van der Waals surface area contributed by atoms with Crippen molar-refractivity contribution in [1.29, 1.82) is 0 Å². The number of carbonyl (C=O) groups excluding carboxylic acids is 1. The van der Waals surface area contributed by atoms with Gasteiger partial charge in [0.2, 0.25) is 0 Å². The van der Waals surface area contributed by atoms with Crippen molar-refractivity contribution in [2.24, 2.45) is 0 Å². The van der Waals surface area contributed by atoms with Gasteiger partial charge in [-0.2, -0.15) is 4.98 Å². The van der Waals surface area contributed by atoms with Crippen molar-refractivity contribution in [3.63, 3.8) is 0 Å². The van der Waals surface area contributed by atoms with Gasteiger partial charge in [0.1, 0.15) is 0 Å². The number of rotatable bonds is 3. The Kier molecular flexibility index (Phi) is 3.31. The number of esters is 1. The zero-order valence-electron chi connectivity index (χ0n) is 11.6. The summed E-state index contributed by atoms with van der Waals surface area (Å²) >= 11 is 0. The molecule has 0 aromatic carbocycles. The van der Waals surface area contributed by atoms with Gasteiger partial charge in [0.25, 0.3) is 5.78 Å². The first-order valence-electron chi connectivity index (χ1n) is 6.50. The molecule has 0 unspecified atom stereocenters. The molecule has 0 aliphatic heterocycles. The van der Waals surface area contributed by atoms with Gasteiger partial charge in [-0.3, -0.25) is 4.98 Å².